The Bertz CT molecular complexity index is 628. The summed E-state index contributed by atoms with van der Waals surface area (Å²) in [5.74, 6) is -0.175. The normalized spacial score (nSPS) is 19.5. The van der Waals surface area contributed by atoms with E-state index in [0.29, 0.717) is 13.1 Å². The van der Waals surface area contributed by atoms with Gasteiger partial charge in [0.05, 0.1) is 0 Å². The van der Waals surface area contributed by atoms with Gasteiger partial charge in [-0.3, -0.25) is 9.59 Å². The van der Waals surface area contributed by atoms with E-state index in [0.717, 1.165) is 25.9 Å². The molecule has 5 heteroatoms. The highest BCUT2D eigenvalue weighted by atomic mass is 16.2. The first-order chi connectivity index (χ1) is 13.0. The van der Waals surface area contributed by atoms with E-state index >= 15 is 0 Å². The van der Waals surface area contributed by atoms with Gasteiger partial charge in [-0.1, -0.05) is 43.9 Å². The van der Waals surface area contributed by atoms with Gasteiger partial charge in [0, 0.05) is 37.9 Å². The summed E-state index contributed by atoms with van der Waals surface area (Å²) in [5, 5.41) is 3.16. The second kappa shape index (κ2) is 8.77. The van der Waals surface area contributed by atoms with E-state index in [9.17, 15) is 9.59 Å². The molecule has 1 aliphatic heterocycles. The van der Waals surface area contributed by atoms with Gasteiger partial charge < -0.3 is 15.1 Å². The summed E-state index contributed by atoms with van der Waals surface area (Å²) >= 11 is 0. The molecule has 5 nitrogen and oxygen atoms in total. The molecule has 27 heavy (non-hydrogen) atoms. The predicted octanol–water partition coefficient (Wildman–Crippen LogP) is 3.20. The highest BCUT2D eigenvalue weighted by Crippen LogP contribution is 2.24. The molecule has 1 N–H and O–H groups in total. The smallest absolute Gasteiger partial charge is 0.237 e. The lowest BCUT2D eigenvalue weighted by Gasteiger charge is -2.39. The van der Waals surface area contributed by atoms with Crippen LogP contribution in [0.25, 0.3) is 0 Å². The van der Waals surface area contributed by atoms with Gasteiger partial charge in [0.2, 0.25) is 11.8 Å². The van der Waals surface area contributed by atoms with Crippen molar-refractivity contribution < 1.29 is 9.59 Å². The Morgan fingerprint density at radius 3 is 2.11 bits per heavy atom. The average molecular weight is 372 g/mol. The zero-order valence-corrected chi connectivity index (χ0v) is 16.7. The topological polar surface area (TPSA) is 52.7 Å². The van der Waals surface area contributed by atoms with Crippen LogP contribution in [0, 0.1) is 5.41 Å². The Morgan fingerprint density at radius 2 is 1.52 bits per heavy atom. The van der Waals surface area contributed by atoms with Crippen molar-refractivity contribution in [2.45, 2.75) is 58.4 Å². The van der Waals surface area contributed by atoms with E-state index in [2.05, 4.69) is 22.3 Å². The van der Waals surface area contributed by atoms with Crippen molar-refractivity contribution in [3.63, 3.8) is 0 Å². The number of amides is 2. The summed E-state index contributed by atoms with van der Waals surface area (Å²) in [7, 11) is 0. The molecule has 1 heterocycles. The summed E-state index contributed by atoms with van der Waals surface area (Å²) in [6.45, 7) is 6.46. The number of nitrogens with one attached hydrogen (secondary N) is 1. The van der Waals surface area contributed by atoms with Crippen molar-refractivity contribution in [1.82, 2.24) is 10.2 Å². The lowest BCUT2D eigenvalue weighted by Crippen LogP contribution is -2.56. The highest BCUT2D eigenvalue weighted by molar-refractivity contribution is 6.04. The highest BCUT2D eigenvalue weighted by Gasteiger charge is 2.40. The van der Waals surface area contributed by atoms with Crippen molar-refractivity contribution >= 4 is 17.5 Å². The van der Waals surface area contributed by atoms with Gasteiger partial charge in [0.1, 0.15) is 5.41 Å². The standard InChI is InChI=1S/C22H33N3O2/c1-22(2,20(26)23-18-10-6-3-4-7-11-18)21(27)25-16-14-24(15-17-25)19-12-8-5-9-13-19/h5,8-9,12-13,18H,3-4,6-7,10-11,14-17H2,1-2H3,(H,23,26). The predicted molar refractivity (Wildman–Crippen MR) is 109 cm³/mol. The molecule has 1 aromatic rings. The minimum absolute atomic E-state index is 0.0543. The van der Waals surface area contributed by atoms with Crippen LogP contribution in [0.5, 0.6) is 0 Å². The molecular formula is C22H33N3O2. The molecular weight excluding hydrogens is 338 g/mol. The summed E-state index contributed by atoms with van der Waals surface area (Å²) in [5.41, 5.74) is 0.177. The average Bonchev–Trinajstić information content (AvgIpc) is 2.97. The maximum Gasteiger partial charge on any atom is 0.237 e. The summed E-state index contributed by atoms with van der Waals surface area (Å²) in [6.07, 6.45) is 6.90. The number of nitrogens with zero attached hydrogens (tertiary/aromatic N) is 2. The van der Waals surface area contributed by atoms with Crippen molar-refractivity contribution in [2.24, 2.45) is 5.41 Å². The van der Waals surface area contributed by atoms with Crippen molar-refractivity contribution in [3.8, 4) is 0 Å². The molecule has 3 rings (SSSR count). The lowest BCUT2D eigenvalue weighted by molar-refractivity contribution is -0.149. The van der Waals surface area contributed by atoms with E-state index in [1.807, 2.05) is 23.1 Å². The number of rotatable bonds is 4. The van der Waals surface area contributed by atoms with Crippen LogP contribution in [0.4, 0.5) is 5.69 Å². The van der Waals surface area contributed by atoms with Gasteiger partial charge in [0.25, 0.3) is 0 Å². The van der Waals surface area contributed by atoms with Gasteiger partial charge in [0.15, 0.2) is 0 Å². The van der Waals surface area contributed by atoms with Crippen LogP contribution >= 0.6 is 0 Å². The first-order valence-corrected chi connectivity index (χ1v) is 10.4. The quantitative estimate of drug-likeness (QED) is 0.653. The zero-order chi connectivity index (χ0) is 19.3. The molecule has 0 spiro atoms. The minimum Gasteiger partial charge on any atom is -0.368 e. The van der Waals surface area contributed by atoms with Crippen molar-refractivity contribution in [1.29, 1.82) is 0 Å². The number of para-hydroxylation sites is 1. The molecule has 1 saturated carbocycles. The second-order valence-corrected chi connectivity index (χ2v) is 8.40. The van der Waals surface area contributed by atoms with Crippen LogP contribution in [-0.4, -0.2) is 48.9 Å². The summed E-state index contributed by atoms with van der Waals surface area (Å²) in [6, 6.07) is 10.5. The third kappa shape index (κ3) is 4.82. The van der Waals surface area contributed by atoms with Crippen LogP contribution in [0.1, 0.15) is 52.4 Å². The monoisotopic (exact) mass is 371 g/mol. The van der Waals surface area contributed by atoms with Crippen LogP contribution < -0.4 is 10.2 Å². The molecule has 0 bridgehead atoms. The van der Waals surface area contributed by atoms with Crippen LogP contribution in [0.3, 0.4) is 0 Å². The largest absolute Gasteiger partial charge is 0.368 e. The lowest BCUT2D eigenvalue weighted by atomic mass is 9.89. The Balaban J connectivity index is 1.55. The summed E-state index contributed by atoms with van der Waals surface area (Å²) in [4.78, 5) is 30.1. The van der Waals surface area contributed by atoms with E-state index < -0.39 is 5.41 Å². The Labute approximate surface area is 163 Å². The molecule has 1 aromatic carbocycles. The first kappa shape index (κ1) is 19.7. The molecule has 1 aliphatic carbocycles. The maximum absolute atomic E-state index is 13.1. The molecule has 0 aromatic heterocycles. The summed E-state index contributed by atoms with van der Waals surface area (Å²) < 4.78 is 0. The number of hydrogen-bond acceptors (Lipinski definition) is 3. The maximum atomic E-state index is 13.1. The minimum atomic E-state index is -1.01. The van der Waals surface area contributed by atoms with Gasteiger partial charge in [-0.2, -0.15) is 0 Å². The van der Waals surface area contributed by atoms with Gasteiger partial charge in [-0.25, -0.2) is 0 Å². The van der Waals surface area contributed by atoms with Gasteiger partial charge >= 0.3 is 0 Å². The van der Waals surface area contributed by atoms with E-state index in [1.165, 1.54) is 31.4 Å². The number of carbonyl (C=O) groups is 2. The molecule has 0 atom stereocenters. The van der Waals surface area contributed by atoms with Crippen molar-refractivity contribution in [2.75, 3.05) is 31.1 Å². The fourth-order valence-electron chi connectivity index (χ4n) is 4.09. The third-order valence-corrected chi connectivity index (χ3v) is 5.98. The van der Waals surface area contributed by atoms with E-state index in [-0.39, 0.29) is 17.9 Å². The Hall–Kier alpha value is -2.04. The fraction of sp³-hybridized carbons (Fsp3) is 0.636. The SMILES string of the molecule is CC(C)(C(=O)NC1CCCCCC1)C(=O)N1CCN(c2ccccc2)CC1. The number of piperazine rings is 1. The first-order valence-electron chi connectivity index (χ1n) is 10.4. The number of anilines is 1. The van der Waals surface area contributed by atoms with Gasteiger partial charge in [-0.05, 0) is 38.8 Å². The van der Waals surface area contributed by atoms with Crippen LogP contribution in [-0.2, 0) is 9.59 Å². The third-order valence-electron chi connectivity index (χ3n) is 5.98. The van der Waals surface area contributed by atoms with E-state index in [1.54, 1.807) is 13.8 Å². The second-order valence-electron chi connectivity index (χ2n) is 8.40. The molecule has 2 fully saturated rings. The molecule has 2 amide bonds. The zero-order valence-electron chi connectivity index (χ0n) is 16.7. The molecule has 2 aliphatic rings. The van der Waals surface area contributed by atoms with Crippen LogP contribution in [0.15, 0.2) is 30.3 Å². The molecule has 0 radical (unpaired) electrons. The number of benzene rings is 1. The fourth-order valence-corrected chi connectivity index (χ4v) is 4.09. The van der Waals surface area contributed by atoms with Crippen molar-refractivity contribution in [3.05, 3.63) is 30.3 Å². The molecule has 1 saturated heterocycles. The number of carbonyl (C=O) groups excluding carboxylic acids is 2. The van der Waals surface area contributed by atoms with Crippen LogP contribution in [0.2, 0.25) is 0 Å². The Morgan fingerprint density at radius 1 is 0.926 bits per heavy atom. The molecule has 0 unspecified atom stereocenters. The van der Waals surface area contributed by atoms with Gasteiger partial charge in [-0.15, -0.1) is 0 Å². The Kier molecular flexibility index (Phi) is 6.40. The molecule has 148 valence electrons. The van der Waals surface area contributed by atoms with E-state index in [4.69, 9.17) is 0 Å². The number of hydrogen-bond donors (Lipinski definition) is 1.